The first-order valence-electron chi connectivity index (χ1n) is 6.01. The molecule has 0 amide bonds. The molecule has 2 rings (SSSR count). The molecule has 1 aromatic carbocycles. The number of hydrogen-bond acceptors (Lipinski definition) is 2. The van der Waals surface area contributed by atoms with Crippen LogP contribution in [0.2, 0.25) is 0 Å². The quantitative estimate of drug-likeness (QED) is 0.803. The molecule has 0 aromatic heterocycles. The van der Waals surface area contributed by atoms with Crippen molar-refractivity contribution in [2.45, 2.75) is 49.3 Å². The van der Waals surface area contributed by atoms with E-state index >= 15 is 0 Å². The van der Waals surface area contributed by atoms with Gasteiger partial charge in [-0.3, -0.25) is 0 Å². The highest BCUT2D eigenvalue weighted by atomic mass is 32.2. The predicted molar refractivity (Wildman–Crippen MR) is 72.3 cm³/mol. The summed E-state index contributed by atoms with van der Waals surface area (Å²) in [7, 11) is 0. The number of rotatable bonds is 3. The lowest BCUT2D eigenvalue weighted by Crippen LogP contribution is -2.59. The summed E-state index contributed by atoms with van der Waals surface area (Å²) in [4.78, 5) is 1.38. The van der Waals surface area contributed by atoms with Crippen molar-refractivity contribution in [3.05, 3.63) is 29.8 Å². The van der Waals surface area contributed by atoms with Crippen LogP contribution >= 0.6 is 11.8 Å². The van der Waals surface area contributed by atoms with Crippen molar-refractivity contribution in [3.8, 4) is 0 Å². The Labute approximate surface area is 103 Å². The van der Waals surface area contributed by atoms with E-state index in [0.717, 1.165) is 6.54 Å². The second-order valence-corrected chi connectivity index (χ2v) is 7.04. The lowest BCUT2D eigenvalue weighted by molar-refractivity contribution is 0.208. The molecule has 0 saturated carbocycles. The van der Waals surface area contributed by atoms with Crippen LogP contribution < -0.4 is 5.32 Å². The number of thioether (sulfide) groups is 1. The van der Waals surface area contributed by atoms with Gasteiger partial charge in [-0.1, -0.05) is 26.0 Å². The summed E-state index contributed by atoms with van der Waals surface area (Å²) in [5.41, 5.74) is 1.74. The zero-order valence-corrected chi connectivity index (χ0v) is 11.4. The minimum Gasteiger partial charge on any atom is -0.310 e. The smallest absolute Gasteiger partial charge is 0.0206 e. The van der Waals surface area contributed by atoms with Gasteiger partial charge in [0, 0.05) is 28.1 Å². The SMILES string of the molecule is CC(C)Sc1ccc(C2CNC2(C)C)cc1. The second-order valence-electron chi connectivity index (χ2n) is 5.39. The van der Waals surface area contributed by atoms with Gasteiger partial charge in [0.1, 0.15) is 0 Å². The van der Waals surface area contributed by atoms with E-state index in [0.29, 0.717) is 11.2 Å². The maximum atomic E-state index is 3.47. The third kappa shape index (κ3) is 2.44. The average molecular weight is 235 g/mol. The fraction of sp³-hybridized carbons (Fsp3) is 0.571. The Balaban J connectivity index is 2.08. The van der Waals surface area contributed by atoms with Gasteiger partial charge in [0.05, 0.1) is 0 Å². The molecule has 2 heteroatoms. The van der Waals surface area contributed by atoms with Crippen LogP contribution in [-0.4, -0.2) is 17.3 Å². The Morgan fingerprint density at radius 1 is 1.25 bits per heavy atom. The van der Waals surface area contributed by atoms with E-state index in [4.69, 9.17) is 0 Å². The van der Waals surface area contributed by atoms with Crippen molar-refractivity contribution < 1.29 is 0 Å². The molecule has 1 unspecified atom stereocenters. The highest BCUT2D eigenvalue weighted by Crippen LogP contribution is 2.35. The molecule has 16 heavy (non-hydrogen) atoms. The Hall–Kier alpha value is -0.470. The minimum absolute atomic E-state index is 0.271. The summed E-state index contributed by atoms with van der Waals surface area (Å²) in [5.74, 6) is 0.672. The summed E-state index contributed by atoms with van der Waals surface area (Å²) >= 11 is 1.93. The lowest BCUT2D eigenvalue weighted by atomic mass is 9.75. The van der Waals surface area contributed by atoms with Crippen LogP contribution in [-0.2, 0) is 0 Å². The van der Waals surface area contributed by atoms with Crippen molar-refractivity contribution >= 4 is 11.8 Å². The van der Waals surface area contributed by atoms with Crippen LogP contribution in [0.1, 0.15) is 39.2 Å². The van der Waals surface area contributed by atoms with Gasteiger partial charge in [0.2, 0.25) is 0 Å². The van der Waals surface area contributed by atoms with E-state index < -0.39 is 0 Å². The normalized spacial score (nSPS) is 23.2. The average Bonchev–Trinajstić information content (AvgIpc) is 2.19. The fourth-order valence-electron chi connectivity index (χ4n) is 2.20. The number of nitrogens with one attached hydrogen (secondary N) is 1. The maximum absolute atomic E-state index is 3.47. The molecular formula is C14H21NS. The molecule has 1 heterocycles. The fourth-order valence-corrected chi connectivity index (χ4v) is 3.04. The highest BCUT2D eigenvalue weighted by Gasteiger charge is 2.38. The molecule has 0 radical (unpaired) electrons. The van der Waals surface area contributed by atoms with E-state index in [-0.39, 0.29) is 5.54 Å². The highest BCUT2D eigenvalue weighted by molar-refractivity contribution is 7.99. The zero-order valence-electron chi connectivity index (χ0n) is 10.6. The molecule has 1 aromatic rings. The first kappa shape index (κ1) is 12.0. The molecule has 0 aliphatic carbocycles. The van der Waals surface area contributed by atoms with E-state index in [9.17, 15) is 0 Å². The zero-order chi connectivity index (χ0) is 11.8. The molecule has 0 spiro atoms. The van der Waals surface area contributed by atoms with Crippen LogP contribution in [0.25, 0.3) is 0 Å². The molecule has 1 nitrogen and oxygen atoms in total. The second kappa shape index (κ2) is 4.42. The molecule has 1 saturated heterocycles. The van der Waals surface area contributed by atoms with Crippen molar-refractivity contribution in [2.24, 2.45) is 0 Å². The molecule has 0 bridgehead atoms. The van der Waals surface area contributed by atoms with Crippen molar-refractivity contribution in [1.82, 2.24) is 5.32 Å². The number of benzene rings is 1. The predicted octanol–water partition coefficient (Wildman–Crippen LogP) is 3.65. The Morgan fingerprint density at radius 2 is 1.88 bits per heavy atom. The summed E-state index contributed by atoms with van der Waals surface area (Å²) < 4.78 is 0. The molecule has 1 fully saturated rings. The first-order valence-corrected chi connectivity index (χ1v) is 6.88. The molecular weight excluding hydrogens is 214 g/mol. The van der Waals surface area contributed by atoms with Gasteiger partial charge < -0.3 is 5.32 Å². The van der Waals surface area contributed by atoms with Gasteiger partial charge in [-0.15, -0.1) is 11.8 Å². The van der Waals surface area contributed by atoms with Crippen LogP contribution in [0.4, 0.5) is 0 Å². The maximum Gasteiger partial charge on any atom is 0.0206 e. The summed E-state index contributed by atoms with van der Waals surface area (Å²) in [6.45, 7) is 10.1. The molecule has 88 valence electrons. The van der Waals surface area contributed by atoms with E-state index in [1.165, 1.54) is 10.5 Å². The van der Waals surface area contributed by atoms with Crippen LogP contribution in [0.5, 0.6) is 0 Å². The van der Waals surface area contributed by atoms with Crippen molar-refractivity contribution in [1.29, 1.82) is 0 Å². The topological polar surface area (TPSA) is 12.0 Å². The Morgan fingerprint density at radius 3 is 2.25 bits per heavy atom. The third-order valence-corrected chi connectivity index (χ3v) is 4.30. The van der Waals surface area contributed by atoms with Crippen LogP contribution in [0.15, 0.2) is 29.2 Å². The first-order chi connectivity index (χ1) is 7.49. The standard InChI is InChI=1S/C14H21NS/c1-10(2)16-12-7-5-11(6-8-12)13-9-15-14(13,3)4/h5-8,10,13,15H,9H2,1-4H3. The van der Waals surface area contributed by atoms with Gasteiger partial charge in [0.25, 0.3) is 0 Å². The van der Waals surface area contributed by atoms with E-state index in [1.807, 2.05) is 11.8 Å². The molecule has 1 aliphatic heterocycles. The van der Waals surface area contributed by atoms with Crippen molar-refractivity contribution in [3.63, 3.8) is 0 Å². The van der Waals surface area contributed by atoms with E-state index in [1.54, 1.807) is 0 Å². The van der Waals surface area contributed by atoms with Crippen molar-refractivity contribution in [2.75, 3.05) is 6.54 Å². The molecule has 1 aliphatic rings. The van der Waals surface area contributed by atoms with Gasteiger partial charge in [-0.05, 0) is 31.5 Å². The minimum atomic E-state index is 0.271. The summed E-state index contributed by atoms with van der Waals surface area (Å²) in [5, 5.41) is 4.13. The largest absolute Gasteiger partial charge is 0.310 e. The Kier molecular flexibility index (Phi) is 3.32. The summed E-state index contributed by atoms with van der Waals surface area (Å²) in [6, 6.07) is 9.10. The van der Waals surface area contributed by atoms with E-state index in [2.05, 4.69) is 57.3 Å². The Bertz CT molecular complexity index is 354. The van der Waals surface area contributed by atoms with Gasteiger partial charge >= 0.3 is 0 Å². The lowest BCUT2D eigenvalue weighted by Gasteiger charge is -2.46. The van der Waals surface area contributed by atoms with Gasteiger partial charge in [0.15, 0.2) is 0 Å². The van der Waals surface area contributed by atoms with Crippen LogP contribution in [0, 0.1) is 0 Å². The van der Waals surface area contributed by atoms with Gasteiger partial charge in [-0.25, -0.2) is 0 Å². The number of hydrogen-bond donors (Lipinski definition) is 1. The van der Waals surface area contributed by atoms with Gasteiger partial charge in [-0.2, -0.15) is 0 Å². The molecule has 1 N–H and O–H groups in total. The monoisotopic (exact) mass is 235 g/mol. The van der Waals surface area contributed by atoms with Crippen LogP contribution in [0.3, 0.4) is 0 Å². The molecule has 1 atom stereocenters. The third-order valence-electron chi connectivity index (χ3n) is 3.29. The summed E-state index contributed by atoms with van der Waals surface area (Å²) in [6.07, 6.45) is 0.